The maximum atomic E-state index is 12.9. The quantitative estimate of drug-likeness (QED) is 0.851. The molecule has 0 aliphatic rings. The predicted molar refractivity (Wildman–Crippen MR) is 105 cm³/mol. The highest BCUT2D eigenvalue weighted by molar-refractivity contribution is 7.92. The van der Waals surface area contributed by atoms with Crippen molar-refractivity contribution in [2.75, 3.05) is 4.72 Å². The lowest BCUT2D eigenvalue weighted by atomic mass is 10.1. The van der Waals surface area contributed by atoms with Crippen LogP contribution >= 0.6 is 0 Å². The van der Waals surface area contributed by atoms with Crippen molar-refractivity contribution in [3.8, 4) is 0 Å². The van der Waals surface area contributed by atoms with E-state index in [9.17, 15) is 13.2 Å². The SMILES string of the molecule is Cc1ccc(C(=O)NC(C)(C)C)cc1S(=O)(=O)Nc1cccc(C)c1C. The summed E-state index contributed by atoms with van der Waals surface area (Å²) in [4.78, 5) is 12.5. The molecular weight excluding hydrogens is 348 g/mol. The second-order valence-corrected chi connectivity index (χ2v) is 9.19. The highest BCUT2D eigenvalue weighted by Crippen LogP contribution is 2.24. The lowest BCUT2D eigenvalue weighted by Crippen LogP contribution is -2.40. The van der Waals surface area contributed by atoms with Crippen LogP contribution in [-0.2, 0) is 10.0 Å². The summed E-state index contributed by atoms with van der Waals surface area (Å²) in [7, 11) is -3.81. The first kappa shape index (κ1) is 20.0. The minimum Gasteiger partial charge on any atom is -0.347 e. The maximum absolute atomic E-state index is 12.9. The highest BCUT2D eigenvalue weighted by atomic mass is 32.2. The Bertz CT molecular complexity index is 942. The summed E-state index contributed by atoms with van der Waals surface area (Å²) in [5, 5.41) is 2.85. The second-order valence-electron chi connectivity index (χ2n) is 7.54. The van der Waals surface area contributed by atoms with Gasteiger partial charge in [-0.05, 0) is 76.4 Å². The highest BCUT2D eigenvalue weighted by Gasteiger charge is 2.22. The number of anilines is 1. The van der Waals surface area contributed by atoms with Gasteiger partial charge in [0.1, 0.15) is 0 Å². The summed E-state index contributed by atoms with van der Waals surface area (Å²) in [5.74, 6) is -0.305. The van der Waals surface area contributed by atoms with Crippen molar-refractivity contribution < 1.29 is 13.2 Å². The zero-order valence-corrected chi connectivity index (χ0v) is 16.9. The summed E-state index contributed by atoms with van der Waals surface area (Å²) in [5.41, 5.74) is 2.89. The standard InChI is InChI=1S/C20H26N2O3S/c1-13-8-7-9-17(15(13)3)22-26(24,25)18-12-16(11-10-14(18)2)19(23)21-20(4,5)6/h7-12,22H,1-6H3,(H,21,23). The van der Waals surface area contributed by atoms with Crippen LogP contribution in [0, 0.1) is 20.8 Å². The molecule has 0 fully saturated rings. The van der Waals surface area contributed by atoms with Crippen LogP contribution in [0.2, 0.25) is 0 Å². The van der Waals surface area contributed by atoms with Gasteiger partial charge in [0.05, 0.1) is 10.6 Å². The Labute approximate surface area is 155 Å². The molecule has 0 saturated carbocycles. The zero-order chi connectivity index (χ0) is 19.7. The fourth-order valence-electron chi connectivity index (χ4n) is 2.51. The smallest absolute Gasteiger partial charge is 0.262 e. The normalized spacial score (nSPS) is 11.9. The lowest BCUT2D eigenvalue weighted by molar-refractivity contribution is 0.0919. The van der Waals surface area contributed by atoms with E-state index in [2.05, 4.69) is 10.0 Å². The molecule has 0 radical (unpaired) electrons. The second kappa shape index (κ2) is 7.11. The van der Waals surface area contributed by atoms with Gasteiger partial charge < -0.3 is 5.32 Å². The van der Waals surface area contributed by atoms with Crippen LogP contribution in [-0.4, -0.2) is 19.9 Å². The third-order valence-corrected chi connectivity index (χ3v) is 5.58. The Kier molecular flexibility index (Phi) is 5.47. The summed E-state index contributed by atoms with van der Waals surface area (Å²) in [6.45, 7) is 11.1. The van der Waals surface area contributed by atoms with Gasteiger partial charge in [-0.15, -0.1) is 0 Å². The van der Waals surface area contributed by atoms with Crippen molar-refractivity contribution in [3.63, 3.8) is 0 Å². The first-order valence-electron chi connectivity index (χ1n) is 8.43. The van der Waals surface area contributed by atoms with Crippen molar-refractivity contribution in [1.82, 2.24) is 5.32 Å². The third kappa shape index (κ3) is 4.64. The number of aryl methyl sites for hydroxylation is 2. The largest absolute Gasteiger partial charge is 0.347 e. The van der Waals surface area contributed by atoms with Gasteiger partial charge in [0, 0.05) is 11.1 Å². The molecule has 0 aromatic heterocycles. The molecule has 0 unspecified atom stereocenters. The van der Waals surface area contributed by atoms with E-state index < -0.39 is 15.6 Å². The molecule has 2 rings (SSSR count). The number of carbonyl (C=O) groups is 1. The van der Waals surface area contributed by atoms with E-state index in [1.807, 2.05) is 40.7 Å². The zero-order valence-electron chi connectivity index (χ0n) is 16.1. The first-order valence-corrected chi connectivity index (χ1v) is 9.91. The molecule has 26 heavy (non-hydrogen) atoms. The summed E-state index contributed by atoms with van der Waals surface area (Å²) in [6, 6.07) is 10.2. The molecule has 6 heteroatoms. The lowest BCUT2D eigenvalue weighted by Gasteiger charge is -2.21. The molecular formula is C20H26N2O3S. The Balaban J connectivity index is 2.41. The van der Waals surface area contributed by atoms with E-state index in [0.29, 0.717) is 16.8 Å². The van der Waals surface area contributed by atoms with E-state index in [4.69, 9.17) is 0 Å². The minimum atomic E-state index is -3.81. The molecule has 140 valence electrons. The molecule has 0 saturated heterocycles. The number of hydrogen-bond acceptors (Lipinski definition) is 3. The Morgan fingerprint density at radius 2 is 1.62 bits per heavy atom. The first-order chi connectivity index (χ1) is 11.9. The number of hydrogen-bond donors (Lipinski definition) is 2. The van der Waals surface area contributed by atoms with Crippen LogP contribution in [0.25, 0.3) is 0 Å². The van der Waals surface area contributed by atoms with Crippen molar-refractivity contribution in [1.29, 1.82) is 0 Å². The van der Waals surface area contributed by atoms with Crippen LogP contribution in [0.5, 0.6) is 0 Å². The molecule has 0 bridgehead atoms. The average molecular weight is 375 g/mol. The van der Waals surface area contributed by atoms with Gasteiger partial charge >= 0.3 is 0 Å². The van der Waals surface area contributed by atoms with Crippen molar-refractivity contribution in [3.05, 3.63) is 58.7 Å². The molecule has 0 aliphatic heterocycles. The number of sulfonamides is 1. The fraction of sp³-hybridized carbons (Fsp3) is 0.350. The molecule has 0 aliphatic carbocycles. The molecule has 2 aromatic rings. The fourth-order valence-corrected chi connectivity index (χ4v) is 3.90. The van der Waals surface area contributed by atoms with E-state index >= 15 is 0 Å². The van der Waals surface area contributed by atoms with Crippen molar-refractivity contribution >= 4 is 21.6 Å². The number of benzene rings is 2. The Morgan fingerprint density at radius 3 is 2.23 bits per heavy atom. The van der Waals surface area contributed by atoms with Crippen LogP contribution in [0.4, 0.5) is 5.69 Å². The summed E-state index contributed by atoms with van der Waals surface area (Å²) >= 11 is 0. The van der Waals surface area contributed by atoms with Gasteiger partial charge in [-0.25, -0.2) is 8.42 Å². The summed E-state index contributed by atoms with van der Waals surface area (Å²) in [6.07, 6.45) is 0. The van der Waals surface area contributed by atoms with E-state index in [1.165, 1.54) is 6.07 Å². The number of rotatable bonds is 4. The van der Waals surface area contributed by atoms with Crippen molar-refractivity contribution in [2.45, 2.75) is 52.0 Å². The van der Waals surface area contributed by atoms with Gasteiger partial charge in [0.2, 0.25) is 0 Å². The number of nitrogens with one attached hydrogen (secondary N) is 2. The van der Waals surface area contributed by atoms with Crippen molar-refractivity contribution in [2.24, 2.45) is 0 Å². The van der Waals surface area contributed by atoms with Crippen LogP contribution < -0.4 is 10.0 Å². The number of carbonyl (C=O) groups excluding carboxylic acids is 1. The molecule has 2 N–H and O–H groups in total. The molecule has 2 aromatic carbocycles. The average Bonchev–Trinajstić information content (AvgIpc) is 2.50. The van der Waals surface area contributed by atoms with Gasteiger partial charge in [-0.1, -0.05) is 18.2 Å². The molecule has 5 nitrogen and oxygen atoms in total. The van der Waals surface area contributed by atoms with E-state index in [-0.39, 0.29) is 10.8 Å². The van der Waals surface area contributed by atoms with Crippen LogP contribution in [0.15, 0.2) is 41.3 Å². The van der Waals surface area contributed by atoms with Gasteiger partial charge in [-0.3, -0.25) is 9.52 Å². The number of amides is 1. The Hall–Kier alpha value is -2.34. The topological polar surface area (TPSA) is 75.3 Å². The molecule has 0 atom stereocenters. The van der Waals surface area contributed by atoms with Crippen LogP contribution in [0.1, 0.15) is 47.8 Å². The van der Waals surface area contributed by atoms with Gasteiger partial charge in [-0.2, -0.15) is 0 Å². The van der Waals surface area contributed by atoms with Gasteiger partial charge in [0.15, 0.2) is 0 Å². The maximum Gasteiger partial charge on any atom is 0.262 e. The van der Waals surface area contributed by atoms with Crippen LogP contribution in [0.3, 0.4) is 0 Å². The third-order valence-electron chi connectivity index (χ3n) is 4.08. The monoisotopic (exact) mass is 374 g/mol. The molecule has 0 heterocycles. The molecule has 0 spiro atoms. The Morgan fingerprint density at radius 1 is 0.962 bits per heavy atom. The molecule has 1 amide bonds. The minimum absolute atomic E-state index is 0.0972. The van der Waals surface area contributed by atoms with Gasteiger partial charge in [0.25, 0.3) is 15.9 Å². The van der Waals surface area contributed by atoms with E-state index in [1.54, 1.807) is 31.2 Å². The summed E-state index contributed by atoms with van der Waals surface area (Å²) < 4.78 is 28.4. The predicted octanol–water partition coefficient (Wildman–Crippen LogP) is 3.94. The van der Waals surface area contributed by atoms with E-state index in [0.717, 1.165) is 11.1 Å².